The molecular formula is C14H19ClFN. The van der Waals surface area contributed by atoms with Crippen LogP contribution >= 0.6 is 11.6 Å². The number of hydrogen-bond donors (Lipinski definition) is 0. The summed E-state index contributed by atoms with van der Waals surface area (Å²) in [4.78, 5) is 2.23. The number of rotatable bonds is 3. The first-order valence-corrected chi connectivity index (χ1v) is 6.70. The Bertz CT molecular complexity index is 426. The van der Waals surface area contributed by atoms with E-state index in [0.29, 0.717) is 5.02 Å². The van der Waals surface area contributed by atoms with Crippen molar-refractivity contribution in [3.63, 3.8) is 0 Å². The maximum atomic E-state index is 13.5. The summed E-state index contributed by atoms with van der Waals surface area (Å²) in [7, 11) is 0. The van der Waals surface area contributed by atoms with Gasteiger partial charge in [-0.05, 0) is 31.9 Å². The highest BCUT2D eigenvalue weighted by molar-refractivity contribution is 6.32. The summed E-state index contributed by atoms with van der Waals surface area (Å²) >= 11 is 6.27. The first kappa shape index (κ1) is 12.7. The minimum absolute atomic E-state index is 0.0934. The van der Waals surface area contributed by atoms with Crippen molar-refractivity contribution in [3.05, 3.63) is 28.5 Å². The van der Waals surface area contributed by atoms with Crippen LogP contribution < -0.4 is 4.90 Å². The van der Waals surface area contributed by atoms with Gasteiger partial charge in [0, 0.05) is 34.8 Å². The van der Waals surface area contributed by atoms with E-state index < -0.39 is 0 Å². The van der Waals surface area contributed by atoms with E-state index in [2.05, 4.69) is 25.7 Å². The van der Waals surface area contributed by atoms with Gasteiger partial charge in [-0.1, -0.05) is 25.4 Å². The van der Waals surface area contributed by atoms with E-state index in [9.17, 15) is 4.39 Å². The van der Waals surface area contributed by atoms with Crippen molar-refractivity contribution in [2.45, 2.75) is 39.0 Å². The van der Waals surface area contributed by atoms with E-state index in [4.69, 9.17) is 11.6 Å². The molecule has 17 heavy (non-hydrogen) atoms. The zero-order valence-electron chi connectivity index (χ0n) is 10.7. The lowest BCUT2D eigenvalue weighted by Gasteiger charge is -2.28. The fourth-order valence-electron chi connectivity index (χ4n) is 2.97. The molecule has 94 valence electrons. The lowest BCUT2D eigenvalue weighted by Crippen LogP contribution is -2.32. The molecule has 2 rings (SSSR count). The van der Waals surface area contributed by atoms with Crippen LogP contribution in [-0.2, 0) is 5.41 Å². The quantitative estimate of drug-likeness (QED) is 0.775. The molecule has 0 fully saturated rings. The van der Waals surface area contributed by atoms with E-state index in [1.54, 1.807) is 6.07 Å². The van der Waals surface area contributed by atoms with Crippen LogP contribution in [0, 0.1) is 5.82 Å². The van der Waals surface area contributed by atoms with Gasteiger partial charge in [-0.2, -0.15) is 0 Å². The molecule has 1 aromatic carbocycles. The summed E-state index contributed by atoms with van der Waals surface area (Å²) in [5, 5.41) is 0.583. The number of fused-ring (bicyclic) bond motifs is 1. The van der Waals surface area contributed by atoms with Gasteiger partial charge < -0.3 is 4.90 Å². The topological polar surface area (TPSA) is 3.24 Å². The SMILES string of the molecule is CCN1CC(CC)(CC)c2c(Cl)cc(F)cc21. The Morgan fingerprint density at radius 3 is 2.47 bits per heavy atom. The van der Waals surface area contributed by atoms with Crippen LogP contribution in [0.15, 0.2) is 12.1 Å². The molecule has 0 saturated carbocycles. The van der Waals surface area contributed by atoms with Gasteiger partial charge in [0.25, 0.3) is 0 Å². The minimum Gasteiger partial charge on any atom is -0.371 e. The summed E-state index contributed by atoms with van der Waals surface area (Å²) < 4.78 is 13.5. The van der Waals surface area contributed by atoms with Gasteiger partial charge >= 0.3 is 0 Å². The van der Waals surface area contributed by atoms with Crippen LogP contribution in [0.4, 0.5) is 10.1 Å². The largest absolute Gasteiger partial charge is 0.371 e. The molecule has 0 unspecified atom stereocenters. The Morgan fingerprint density at radius 1 is 1.29 bits per heavy atom. The van der Waals surface area contributed by atoms with Gasteiger partial charge in [0.2, 0.25) is 0 Å². The monoisotopic (exact) mass is 255 g/mol. The minimum atomic E-state index is -0.241. The summed E-state index contributed by atoms with van der Waals surface area (Å²) in [6, 6.07) is 3.07. The molecule has 0 radical (unpaired) electrons. The van der Waals surface area contributed by atoms with E-state index >= 15 is 0 Å². The van der Waals surface area contributed by atoms with Crippen LogP contribution in [0.1, 0.15) is 39.2 Å². The first-order valence-electron chi connectivity index (χ1n) is 6.32. The molecule has 0 saturated heterocycles. The fourth-order valence-corrected chi connectivity index (χ4v) is 3.37. The summed E-state index contributed by atoms with van der Waals surface area (Å²) in [5.41, 5.74) is 2.23. The average molecular weight is 256 g/mol. The average Bonchev–Trinajstić information content (AvgIpc) is 2.63. The van der Waals surface area contributed by atoms with Crippen molar-refractivity contribution in [1.29, 1.82) is 0 Å². The molecule has 0 spiro atoms. The van der Waals surface area contributed by atoms with Crippen molar-refractivity contribution < 1.29 is 4.39 Å². The highest BCUT2D eigenvalue weighted by atomic mass is 35.5. The molecular weight excluding hydrogens is 237 g/mol. The van der Waals surface area contributed by atoms with Gasteiger partial charge in [0.15, 0.2) is 0 Å². The van der Waals surface area contributed by atoms with Crippen LogP contribution in [0.25, 0.3) is 0 Å². The Labute approximate surface area is 108 Å². The standard InChI is InChI=1S/C14H19ClFN/c1-4-14(5-2)9-17(6-3)12-8-10(16)7-11(15)13(12)14/h7-8H,4-6,9H2,1-3H3. The van der Waals surface area contributed by atoms with E-state index in [-0.39, 0.29) is 11.2 Å². The lowest BCUT2D eigenvalue weighted by molar-refractivity contribution is 0.421. The molecule has 0 aliphatic carbocycles. The Balaban J connectivity index is 2.64. The predicted octanol–water partition coefficient (Wildman–Crippen LogP) is 4.38. The molecule has 1 aliphatic rings. The molecule has 1 aliphatic heterocycles. The maximum absolute atomic E-state index is 13.5. The van der Waals surface area contributed by atoms with Crippen molar-refractivity contribution >= 4 is 17.3 Å². The third-order valence-electron chi connectivity index (χ3n) is 4.13. The molecule has 0 atom stereocenters. The van der Waals surface area contributed by atoms with Gasteiger partial charge in [-0.3, -0.25) is 0 Å². The number of hydrogen-bond acceptors (Lipinski definition) is 1. The molecule has 1 aromatic rings. The van der Waals surface area contributed by atoms with Crippen LogP contribution in [0.5, 0.6) is 0 Å². The van der Waals surface area contributed by atoms with E-state index in [1.807, 2.05) is 0 Å². The Kier molecular flexibility index (Phi) is 3.35. The molecule has 0 bridgehead atoms. The van der Waals surface area contributed by atoms with Gasteiger partial charge in [-0.25, -0.2) is 4.39 Å². The third-order valence-corrected chi connectivity index (χ3v) is 4.43. The summed E-state index contributed by atoms with van der Waals surface area (Å²) in [6.45, 7) is 8.33. The van der Waals surface area contributed by atoms with Crippen LogP contribution in [0.3, 0.4) is 0 Å². The van der Waals surface area contributed by atoms with Gasteiger partial charge in [0.05, 0.1) is 0 Å². The molecule has 1 heterocycles. The number of anilines is 1. The molecule has 0 aromatic heterocycles. The fraction of sp³-hybridized carbons (Fsp3) is 0.571. The second-order valence-electron chi connectivity index (χ2n) is 4.78. The predicted molar refractivity (Wildman–Crippen MR) is 71.6 cm³/mol. The number of halogens is 2. The van der Waals surface area contributed by atoms with E-state index in [0.717, 1.165) is 37.2 Å². The van der Waals surface area contributed by atoms with Gasteiger partial charge in [-0.15, -0.1) is 0 Å². The third kappa shape index (κ3) is 1.83. The number of nitrogens with zero attached hydrogens (tertiary/aromatic N) is 1. The number of likely N-dealkylation sites (N-methyl/N-ethyl adjacent to an activating group) is 1. The lowest BCUT2D eigenvalue weighted by atomic mass is 9.77. The highest BCUT2D eigenvalue weighted by Crippen LogP contribution is 2.48. The molecule has 3 heteroatoms. The van der Waals surface area contributed by atoms with Crippen molar-refractivity contribution in [3.8, 4) is 0 Å². The highest BCUT2D eigenvalue weighted by Gasteiger charge is 2.41. The van der Waals surface area contributed by atoms with Gasteiger partial charge in [0.1, 0.15) is 5.82 Å². The summed E-state index contributed by atoms with van der Waals surface area (Å²) in [5.74, 6) is -0.241. The maximum Gasteiger partial charge on any atom is 0.126 e. The van der Waals surface area contributed by atoms with Crippen molar-refractivity contribution in [1.82, 2.24) is 0 Å². The van der Waals surface area contributed by atoms with Crippen LogP contribution in [-0.4, -0.2) is 13.1 Å². The molecule has 0 amide bonds. The smallest absolute Gasteiger partial charge is 0.126 e. The molecule has 1 nitrogen and oxygen atoms in total. The normalized spacial score (nSPS) is 17.4. The molecule has 0 N–H and O–H groups in total. The Morgan fingerprint density at radius 2 is 1.94 bits per heavy atom. The second kappa shape index (κ2) is 4.49. The zero-order chi connectivity index (χ0) is 12.6. The first-order chi connectivity index (χ1) is 8.07. The van der Waals surface area contributed by atoms with Crippen molar-refractivity contribution in [2.75, 3.05) is 18.0 Å². The van der Waals surface area contributed by atoms with Crippen molar-refractivity contribution in [2.24, 2.45) is 0 Å². The van der Waals surface area contributed by atoms with Crippen LogP contribution in [0.2, 0.25) is 5.02 Å². The Hall–Kier alpha value is -0.760. The zero-order valence-corrected chi connectivity index (χ0v) is 11.4. The number of benzene rings is 1. The second-order valence-corrected chi connectivity index (χ2v) is 5.19. The van der Waals surface area contributed by atoms with E-state index in [1.165, 1.54) is 6.07 Å². The summed E-state index contributed by atoms with van der Waals surface area (Å²) in [6.07, 6.45) is 2.08.